The van der Waals surface area contributed by atoms with Gasteiger partial charge in [-0.1, -0.05) is 6.92 Å². The lowest BCUT2D eigenvalue weighted by molar-refractivity contribution is 0.155. The summed E-state index contributed by atoms with van der Waals surface area (Å²) in [6, 6.07) is 4.43. The van der Waals surface area contributed by atoms with Crippen LogP contribution in [0.4, 0.5) is 4.39 Å². The van der Waals surface area contributed by atoms with E-state index in [2.05, 4.69) is 6.92 Å². The normalized spacial score (nSPS) is 25.4. The first-order chi connectivity index (χ1) is 6.70. The van der Waals surface area contributed by atoms with Crippen LogP contribution in [0, 0.1) is 5.82 Å². The van der Waals surface area contributed by atoms with Crippen LogP contribution >= 0.6 is 0 Å². The van der Waals surface area contributed by atoms with Gasteiger partial charge >= 0.3 is 0 Å². The molecule has 1 aromatic rings. The van der Waals surface area contributed by atoms with E-state index >= 15 is 0 Å². The molecular formula is C11H14FNO. The van der Waals surface area contributed by atoms with Crippen molar-refractivity contribution in [1.29, 1.82) is 0 Å². The van der Waals surface area contributed by atoms with Gasteiger partial charge in [-0.05, 0) is 24.6 Å². The summed E-state index contributed by atoms with van der Waals surface area (Å²) in [5.74, 6) is 0.481. The van der Waals surface area contributed by atoms with Gasteiger partial charge in [-0.25, -0.2) is 4.39 Å². The molecule has 2 nitrogen and oxygen atoms in total. The summed E-state index contributed by atoms with van der Waals surface area (Å²) >= 11 is 0. The molecule has 2 atom stereocenters. The Balaban J connectivity index is 2.35. The van der Waals surface area contributed by atoms with Crippen molar-refractivity contribution >= 4 is 0 Å². The Morgan fingerprint density at radius 1 is 1.57 bits per heavy atom. The molecule has 0 aromatic heterocycles. The molecule has 0 saturated heterocycles. The second kappa shape index (κ2) is 3.58. The van der Waals surface area contributed by atoms with Gasteiger partial charge in [-0.15, -0.1) is 0 Å². The summed E-state index contributed by atoms with van der Waals surface area (Å²) < 4.78 is 18.6. The Morgan fingerprint density at radius 2 is 2.36 bits per heavy atom. The molecule has 0 saturated carbocycles. The summed E-state index contributed by atoms with van der Waals surface area (Å²) in [6.07, 6.45) is 1.88. The largest absolute Gasteiger partial charge is 0.490 e. The van der Waals surface area contributed by atoms with Crippen molar-refractivity contribution < 1.29 is 9.13 Å². The Bertz CT molecular complexity index is 340. The molecule has 3 heteroatoms. The van der Waals surface area contributed by atoms with E-state index in [1.54, 1.807) is 6.07 Å². The Morgan fingerprint density at radius 3 is 3.07 bits per heavy atom. The Kier molecular flexibility index (Phi) is 2.42. The van der Waals surface area contributed by atoms with Gasteiger partial charge in [0.15, 0.2) is 0 Å². The maximum atomic E-state index is 12.9. The fraction of sp³-hybridized carbons (Fsp3) is 0.455. The topological polar surface area (TPSA) is 35.2 Å². The number of benzene rings is 1. The molecule has 0 aliphatic carbocycles. The van der Waals surface area contributed by atoms with Gasteiger partial charge in [0.05, 0.1) is 0 Å². The van der Waals surface area contributed by atoms with Crippen LogP contribution in [0.2, 0.25) is 0 Å². The Hall–Kier alpha value is -1.09. The zero-order valence-corrected chi connectivity index (χ0v) is 8.16. The van der Waals surface area contributed by atoms with Crippen LogP contribution in [0.25, 0.3) is 0 Å². The second-order valence-electron chi connectivity index (χ2n) is 3.67. The highest BCUT2D eigenvalue weighted by Gasteiger charge is 2.24. The average Bonchev–Trinajstić information content (AvgIpc) is 2.19. The van der Waals surface area contributed by atoms with E-state index in [1.165, 1.54) is 12.1 Å². The smallest absolute Gasteiger partial charge is 0.124 e. The first-order valence-corrected chi connectivity index (χ1v) is 4.92. The van der Waals surface area contributed by atoms with Crippen LogP contribution in [-0.4, -0.2) is 6.10 Å². The second-order valence-corrected chi connectivity index (χ2v) is 3.67. The number of hydrogen-bond acceptors (Lipinski definition) is 2. The van der Waals surface area contributed by atoms with Crippen LogP contribution in [0.15, 0.2) is 18.2 Å². The van der Waals surface area contributed by atoms with Crippen LogP contribution in [-0.2, 0) is 0 Å². The van der Waals surface area contributed by atoms with E-state index in [4.69, 9.17) is 10.5 Å². The molecule has 2 rings (SSSR count). The zero-order valence-electron chi connectivity index (χ0n) is 8.16. The SMILES string of the molecule is CCC1C[C@@H](N)c2cc(F)ccc2O1. The molecule has 14 heavy (non-hydrogen) atoms. The van der Waals surface area contributed by atoms with E-state index in [9.17, 15) is 4.39 Å². The predicted molar refractivity (Wildman–Crippen MR) is 52.7 cm³/mol. The molecule has 76 valence electrons. The van der Waals surface area contributed by atoms with Gasteiger partial charge in [-0.2, -0.15) is 0 Å². The molecule has 1 aromatic carbocycles. The first-order valence-electron chi connectivity index (χ1n) is 4.92. The fourth-order valence-electron chi connectivity index (χ4n) is 1.80. The third-order valence-corrected chi connectivity index (χ3v) is 2.64. The molecule has 1 aliphatic rings. The molecular weight excluding hydrogens is 181 g/mol. The highest BCUT2D eigenvalue weighted by atomic mass is 19.1. The Labute approximate surface area is 82.9 Å². The van der Waals surface area contributed by atoms with Gasteiger partial charge in [0.2, 0.25) is 0 Å². The minimum Gasteiger partial charge on any atom is -0.490 e. The third-order valence-electron chi connectivity index (χ3n) is 2.64. The summed E-state index contributed by atoms with van der Waals surface area (Å²) in [6.45, 7) is 2.06. The van der Waals surface area contributed by atoms with Crippen molar-refractivity contribution in [2.45, 2.75) is 31.9 Å². The lowest BCUT2D eigenvalue weighted by atomic mass is 9.96. The highest BCUT2D eigenvalue weighted by molar-refractivity contribution is 5.38. The standard InChI is InChI=1S/C11H14FNO/c1-2-8-6-10(13)9-5-7(12)3-4-11(9)14-8/h3-5,8,10H,2,6,13H2,1H3/t8?,10-/m1/s1. The van der Waals surface area contributed by atoms with E-state index in [0.29, 0.717) is 0 Å². The molecule has 2 N–H and O–H groups in total. The number of nitrogens with two attached hydrogens (primary N) is 1. The highest BCUT2D eigenvalue weighted by Crippen LogP contribution is 2.34. The third kappa shape index (κ3) is 1.60. The van der Waals surface area contributed by atoms with Crippen LogP contribution in [0.1, 0.15) is 31.4 Å². The minimum atomic E-state index is -0.252. The maximum absolute atomic E-state index is 12.9. The number of halogens is 1. The molecule has 1 aliphatic heterocycles. The molecule has 1 heterocycles. The summed E-state index contributed by atoms with van der Waals surface area (Å²) in [5, 5.41) is 0. The van der Waals surface area contributed by atoms with Gasteiger partial charge < -0.3 is 10.5 Å². The molecule has 0 bridgehead atoms. The quantitative estimate of drug-likeness (QED) is 0.746. The molecule has 0 amide bonds. The van der Waals surface area contributed by atoms with Gasteiger partial charge in [0, 0.05) is 18.0 Å². The molecule has 0 radical (unpaired) electrons. The lowest BCUT2D eigenvalue weighted by Crippen LogP contribution is -2.29. The maximum Gasteiger partial charge on any atom is 0.124 e. The van der Waals surface area contributed by atoms with Crippen LogP contribution < -0.4 is 10.5 Å². The average molecular weight is 195 g/mol. The first kappa shape index (κ1) is 9.46. The minimum absolute atomic E-state index is 0.0978. The van der Waals surface area contributed by atoms with Gasteiger partial charge in [0.1, 0.15) is 17.7 Å². The summed E-state index contributed by atoms with van der Waals surface area (Å²) in [4.78, 5) is 0. The molecule has 0 spiro atoms. The fourth-order valence-corrected chi connectivity index (χ4v) is 1.80. The molecule has 0 fully saturated rings. The van der Waals surface area contributed by atoms with Crippen molar-refractivity contribution in [3.8, 4) is 5.75 Å². The van der Waals surface area contributed by atoms with Crippen molar-refractivity contribution in [3.05, 3.63) is 29.6 Å². The summed E-state index contributed by atoms with van der Waals surface area (Å²) in [5.41, 5.74) is 6.72. The van der Waals surface area contributed by atoms with Gasteiger partial charge in [-0.3, -0.25) is 0 Å². The lowest BCUT2D eigenvalue weighted by Gasteiger charge is -2.29. The number of hydrogen-bond donors (Lipinski definition) is 1. The monoisotopic (exact) mass is 195 g/mol. The van der Waals surface area contributed by atoms with E-state index < -0.39 is 0 Å². The predicted octanol–water partition coefficient (Wildman–Crippen LogP) is 2.39. The van der Waals surface area contributed by atoms with Crippen molar-refractivity contribution in [2.75, 3.05) is 0 Å². The summed E-state index contributed by atoms with van der Waals surface area (Å²) in [7, 11) is 0. The van der Waals surface area contributed by atoms with Crippen LogP contribution in [0.3, 0.4) is 0 Å². The van der Waals surface area contributed by atoms with E-state index in [0.717, 1.165) is 24.2 Å². The number of fused-ring (bicyclic) bond motifs is 1. The van der Waals surface area contributed by atoms with Crippen molar-refractivity contribution in [1.82, 2.24) is 0 Å². The van der Waals surface area contributed by atoms with Crippen molar-refractivity contribution in [2.24, 2.45) is 5.73 Å². The van der Waals surface area contributed by atoms with Gasteiger partial charge in [0.25, 0.3) is 0 Å². The molecule has 1 unspecified atom stereocenters. The number of rotatable bonds is 1. The van der Waals surface area contributed by atoms with E-state index in [1.807, 2.05) is 0 Å². The number of ether oxygens (including phenoxy) is 1. The van der Waals surface area contributed by atoms with Crippen molar-refractivity contribution in [3.63, 3.8) is 0 Å². The zero-order chi connectivity index (χ0) is 10.1. The van der Waals surface area contributed by atoms with Crippen LogP contribution in [0.5, 0.6) is 5.75 Å². The van der Waals surface area contributed by atoms with E-state index in [-0.39, 0.29) is 18.0 Å².